The molecule has 3 atom stereocenters. The molecule has 0 spiro atoms. The Morgan fingerprint density at radius 3 is 2.23 bits per heavy atom. The summed E-state index contributed by atoms with van der Waals surface area (Å²) in [6.45, 7) is 2.53. The highest BCUT2D eigenvalue weighted by molar-refractivity contribution is 6.30. The van der Waals surface area contributed by atoms with Gasteiger partial charge in [-0.05, 0) is 83.3 Å². The van der Waals surface area contributed by atoms with Crippen molar-refractivity contribution >= 4 is 23.5 Å². The number of nitrogens with one attached hydrogen (secondary N) is 1. The van der Waals surface area contributed by atoms with Crippen molar-refractivity contribution in [3.8, 4) is 11.1 Å². The van der Waals surface area contributed by atoms with Crippen LogP contribution in [0.1, 0.15) is 85.2 Å². The minimum Gasteiger partial charge on any atom is -0.481 e. The maximum Gasteiger partial charge on any atom is 0.303 e. The summed E-state index contributed by atoms with van der Waals surface area (Å²) in [6, 6.07) is 31.5. The quantitative estimate of drug-likeness (QED) is 0.0998. The van der Waals surface area contributed by atoms with Crippen LogP contribution < -0.4 is 5.32 Å². The molecule has 9 nitrogen and oxygen atoms in total. The third-order valence-electron chi connectivity index (χ3n) is 10.1. The number of hydrogen-bond acceptors (Lipinski definition) is 7. The molecular formula is C42H47ClN2O7. The van der Waals surface area contributed by atoms with Crippen molar-refractivity contribution in [3.05, 3.63) is 130 Å². The van der Waals surface area contributed by atoms with Crippen LogP contribution in [-0.2, 0) is 37.8 Å². The first-order chi connectivity index (χ1) is 25.2. The third-order valence-corrected chi connectivity index (χ3v) is 10.3. The Bertz CT molecular complexity index is 1790. The van der Waals surface area contributed by atoms with E-state index in [1.165, 1.54) is 0 Å². The molecule has 2 aliphatic heterocycles. The number of benzene rings is 4. The summed E-state index contributed by atoms with van der Waals surface area (Å²) in [6.07, 6.45) is 2.34. The van der Waals surface area contributed by atoms with Gasteiger partial charge in [-0.25, -0.2) is 0 Å². The van der Waals surface area contributed by atoms with E-state index in [0.717, 1.165) is 52.0 Å². The molecular weight excluding hydrogens is 680 g/mol. The molecule has 2 aliphatic rings. The average Bonchev–Trinajstić information content (AvgIpc) is 3.17. The molecule has 3 unspecified atom stereocenters. The van der Waals surface area contributed by atoms with Crippen molar-refractivity contribution in [1.29, 1.82) is 0 Å². The molecule has 52 heavy (non-hydrogen) atoms. The van der Waals surface area contributed by atoms with Crippen molar-refractivity contribution in [2.45, 2.75) is 82.2 Å². The first-order valence-corrected chi connectivity index (χ1v) is 18.4. The summed E-state index contributed by atoms with van der Waals surface area (Å²) in [5, 5.41) is 33.5. The van der Waals surface area contributed by atoms with Crippen LogP contribution in [0.4, 0.5) is 0 Å². The summed E-state index contributed by atoms with van der Waals surface area (Å²) in [7, 11) is 0. The highest BCUT2D eigenvalue weighted by Gasteiger charge is 2.37. The summed E-state index contributed by atoms with van der Waals surface area (Å²) in [4.78, 5) is 25.4. The van der Waals surface area contributed by atoms with Crippen molar-refractivity contribution in [1.82, 2.24) is 10.2 Å². The molecule has 10 heteroatoms. The van der Waals surface area contributed by atoms with Crippen molar-refractivity contribution in [2.75, 3.05) is 19.6 Å². The van der Waals surface area contributed by atoms with E-state index < -0.39 is 17.9 Å². The zero-order valence-corrected chi connectivity index (χ0v) is 30.0. The standard InChI is InChI=1S/C42H47ClN2O7/c43-36-17-15-35(16-18-36)42(50)19-21-45(22-20-42)27-37-25-38(31-13-11-29(28-46)12-14-31)52-41(51-37)34-8-4-7-33(24-34)32-6-3-5-30(23-32)26-44-39(47)9-1-2-10-40(48)49/h3-8,11-18,23-24,37-38,41,46,50H,1-2,9-10,19-22,25-28H2,(H,44,47)(H,48,49). The lowest BCUT2D eigenvalue weighted by atomic mass is 9.84. The van der Waals surface area contributed by atoms with E-state index in [1.807, 2.05) is 84.9 Å². The van der Waals surface area contributed by atoms with Gasteiger partial charge in [0.2, 0.25) is 5.91 Å². The largest absolute Gasteiger partial charge is 0.481 e. The fourth-order valence-electron chi connectivity index (χ4n) is 7.05. The fraction of sp³-hybridized carbons (Fsp3) is 0.381. The Kier molecular flexibility index (Phi) is 12.8. The number of unbranched alkanes of at least 4 members (excludes halogenated alkanes) is 1. The number of piperidine rings is 1. The van der Waals surface area contributed by atoms with Gasteiger partial charge in [0.05, 0.1) is 24.4 Å². The molecule has 4 N–H and O–H groups in total. The van der Waals surface area contributed by atoms with Crippen LogP contribution in [0.3, 0.4) is 0 Å². The number of amides is 1. The van der Waals surface area contributed by atoms with Crippen LogP contribution in [-0.4, -0.2) is 57.8 Å². The van der Waals surface area contributed by atoms with E-state index in [9.17, 15) is 19.8 Å². The number of carbonyl (C=O) groups is 2. The van der Waals surface area contributed by atoms with Gasteiger partial charge in [-0.2, -0.15) is 0 Å². The number of halogens is 1. The highest BCUT2D eigenvalue weighted by atomic mass is 35.5. The number of rotatable bonds is 14. The van der Waals surface area contributed by atoms with Crippen LogP contribution in [0.2, 0.25) is 5.02 Å². The molecule has 2 heterocycles. The van der Waals surface area contributed by atoms with Gasteiger partial charge in [-0.15, -0.1) is 0 Å². The second kappa shape index (κ2) is 17.6. The molecule has 274 valence electrons. The predicted molar refractivity (Wildman–Crippen MR) is 199 cm³/mol. The summed E-state index contributed by atoms with van der Waals surface area (Å²) in [5.41, 5.74) is 5.73. The van der Waals surface area contributed by atoms with Gasteiger partial charge in [-0.3, -0.25) is 9.59 Å². The lowest BCUT2D eigenvalue weighted by Crippen LogP contribution is -2.46. The number of carboxylic acid groups (broad SMARTS) is 1. The molecule has 4 aromatic carbocycles. The Hall–Kier alpha value is -4.09. The third kappa shape index (κ3) is 10.1. The topological polar surface area (TPSA) is 129 Å². The molecule has 0 aliphatic carbocycles. The fourth-order valence-corrected chi connectivity index (χ4v) is 7.18. The average molecular weight is 727 g/mol. The second-order valence-corrected chi connectivity index (χ2v) is 14.3. The lowest BCUT2D eigenvalue weighted by molar-refractivity contribution is -0.253. The van der Waals surface area contributed by atoms with Gasteiger partial charge in [0, 0.05) is 56.0 Å². The Labute approximate surface area is 310 Å². The van der Waals surface area contributed by atoms with Crippen LogP contribution in [0.5, 0.6) is 0 Å². The maximum absolute atomic E-state index is 12.3. The summed E-state index contributed by atoms with van der Waals surface area (Å²) in [5.74, 6) is -0.944. The van der Waals surface area contributed by atoms with Crippen molar-refractivity contribution in [2.24, 2.45) is 0 Å². The normalized spacial score (nSPS) is 20.3. The SMILES string of the molecule is O=C(O)CCCCC(=O)NCc1cccc(-c2cccc(C3OC(CN4CCC(O)(c5ccc(Cl)cc5)CC4)CC(c4ccc(CO)cc4)O3)c2)c1. The predicted octanol–water partition coefficient (Wildman–Crippen LogP) is 7.29. The van der Waals surface area contributed by atoms with E-state index in [1.54, 1.807) is 0 Å². The molecule has 4 aromatic rings. The number of carbonyl (C=O) groups excluding carboxylic acids is 1. The summed E-state index contributed by atoms with van der Waals surface area (Å²) < 4.78 is 13.3. The molecule has 6 rings (SSSR count). The van der Waals surface area contributed by atoms with Crippen molar-refractivity contribution < 1.29 is 34.4 Å². The minimum absolute atomic E-state index is 0.0214. The number of carboxylic acids is 1. The number of aliphatic hydroxyl groups excluding tert-OH is 1. The van der Waals surface area contributed by atoms with Gasteiger partial charge in [-0.1, -0.05) is 84.4 Å². The van der Waals surface area contributed by atoms with Crippen LogP contribution >= 0.6 is 11.6 Å². The minimum atomic E-state index is -0.885. The van der Waals surface area contributed by atoms with E-state index in [-0.39, 0.29) is 31.1 Å². The van der Waals surface area contributed by atoms with Gasteiger partial charge in [0.1, 0.15) is 0 Å². The van der Waals surface area contributed by atoms with Gasteiger partial charge >= 0.3 is 5.97 Å². The second-order valence-electron chi connectivity index (χ2n) is 13.9. The Balaban J connectivity index is 1.14. The van der Waals surface area contributed by atoms with Gasteiger partial charge < -0.3 is 35.0 Å². The molecule has 2 saturated heterocycles. The molecule has 0 bridgehead atoms. The molecule has 1 amide bonds. The van der Waals surface area contributed by atoms with Crippen molar-refractivity contribution in [3.63, 3.8) is 0 Å². The molecule has 0 radical (unpaired) electrons. The van der Waals surface area contributed by atoms with E-state index in [4.69, 9.17) is 26.2 Å². The Morgan fingerprint density at radius 2 is 1.52 bits per heavy atom. The number of hydrogen-bond donors (Lipinski definition) is 4. The highest BCUT2D eigenvalue weighted by Crippen LogP contribution is 2.40. The van der Waals surface area contributed by atoms with E-state index in [2.05, 4.69) is 22.3 Å². The monoisotopic (exact) mass is 726 g/mol. The summed E-state index contributed by atoms with van der Waals surface area (Å²) >= 11 is 6.09. The van der Waals surface area contributed by atoms with Crippen LogP contribution in [0.25, 0.3) is 11.1 Å². The molecule has 2 fully saturated rings. The Morgan fingerprint density at radius 1 is 0.827 bits per heavy atom. The van der Waals surface area contributed by atoms with E-state index >= 15 is 0 Å². The number of likely N-dealkylation sites (tertiary alicyclic amines) is 1. The van der Waals surface area contributed by atoms with Gasteiger partial charge in [0.25, 0.3) is 0 Å². The van der Waals surface area contributed by atoms with Crippen LogP contribution in [0, 0.1) is 0 Å². The zero-order valence-electron chi connectivity index (χ0n) is 29.3. The molecule has 0 saturated carbocycles. The number of aliphatic carboxylic acids is 1. The van der Waals surface area contributed by atoms with E-state index in [0.29, 0.717) is 56.6 Å². The number of aliphatic hydroxyl groups is 2. The number of nitrogens with zero attached hydrogens (tertiary/aromatic N) is 1. The smallest absolute Gasteiger partial charge is 0.303 e. The first kappa shape index (κ1) is 37.7. The first-order valence-electron chi connectivity index (χ1n) is 18.1. The van der Waals surface area contributed by atoms with Gasteiger partial charge in [0.15, 0.2) is 6.29 Å². The molecule has 0 aromatic heterocycles. The number of ether oxygens (including phenoxy) is 2. The zero-order chi connectivity index (χ0) is 36.5. The van der Waals surface area contributed by atoms with Crippen LogP contribution in [0.15, 0.2) is 97.1 Å². The lowest BCUT2D eigenvalue weighted by Gasteiger charge is -2.42. The maximum atomic E-state index is 12.3.